The lowest BCUT2D eigenvalue weighted by atomic mass is 9.85. The summed E-state index contributed by atoms with van der Waals surface area (Å²) in [6, 6.07) is 6.48. The number of nitrogens with zero attached hydrogens (tertiary/aromatic N) is 3. The average molecular weight is 559 g/mol. The minimum atomic E-state index is -3.63. The Bertz CT molecular complexity index is 1370. The molecule has 11 nitrogen and oxygen atoms in total. The van der Waals surface area contributed by atoms with E-state index in [2.05, 4.69) is 20.9 Å². The predicted octanol–water partition coefficient (Wildman–Crippen LogP) is 1.17. The van der Waals surface area contributed by atoms with Crippen LogP contribution in [0.5, 0.6) is 0 Å². The molecule has 0 unspecified atom stereocenters. The number of aromatic nitrogens is 1. The smallest absolute Gasteiger partial charge is 0.246 e. The summed E-state index contributed by atoms with van der Waals surface area (Å²) in [6.07, 6.45) is 3.20. The maximum atomic E-state index is 14.0. The van der Waals surface area contributed by atoms with Crippen LogP contribution in [-0.2, 0) is 24.4 Å². The van der Waals surface area contributed by atoms with E-state index in [-0.39, 0.29) is 30.8 Å². The third-order valence-electron chi connectivity index (χ3n) is 7.75. The first-order valence-corrected chi connectivity index (χ1v) is 15.0. The summed E-state index contributed by atoms with van der Waals surface area (Å²) in [5, 5.41) is 9.49. The number of hydrogen-bond donors (Lipinski definition) is 3. The Balaban J connectivity index is 1.66. The SMILES string of the molecule is CN[C@@H](C)C(=O)N[C@H](C(=O)N1CC[C@@H]2[C@H]1[C@@H](C(=O)Nc1cccc3ncccc13)CN2S(C)(=O)=O)C(C)(C)C. The monoisotopic (exact) mass is 558 g/mol. The van der Waals surface area contributed by atoms with Crippen LogP contribution in [0.25, 0.3) is 10.9 Å². The fraction of sp³-hybridized carbons (Fsp3) is 0.556. The summed E-state index contributed by atoms with van der Waals surface area (Å²) in [6.45, 7) is 7.55. The van der Waals surface area contributed by atoms with Gasteiger partial charge in [0.15, 0.2) is 0 Å². The van der Waals surface area contributed by atoms with Gasteiger partial charge in [0.1, 0.15) is 6.04 Å². The van der Waals surface area contributed by atoms with Crippen LogP contribution in [0.2, 0.25) is 0 Å². The van der Waals surface area contributed by atoms with E-state index < -0.39 is 45.5 Å². The number of sulfonamides is 1. The van der Waals surface area contributed by atoms with Crippen molar-refractivity contribution in [3.05, 3.63) is 36.5 Å². The number of pyridine rings is 1. The normalized spacial score (nSPS) is 23.3. The minimum absolute atomic E-state index is 0.0316. The zero-order valence-corrected chi connectivity index (χ0v) is 24.1. The van der Waals surface area contributed by atoms with Crippen molar-refractivity contribution in [1.29, 1.82) is 0 Å². The maximum absolute atomic E-state index is 14.0. The van der Waals surface area contributed by atoms with Crippen LogP contribution in [0.1, 0.15) is 34.1 Å². The number of likely N-dealkylation sites (tertiary alicyclic amines) is 1. The quantitative estimate of drug-likeness (QED) is 0.463. The molecule has 0 bridgehead atoms. The number of anilines is 1. The Kier molecular flexibility index (Phi) is 8.02. The molecule has 0 radical (unpaired) electrons. The van der Waals surface area contributed by atoms with E-state index in [9.17, 15) is 22.8 Å². The number of hydrogen-bond acceptors (Lipinski definition) is 7. The lowest BCUT2D eigenvalue weighted by Crippen LogP contribution is -2.59. The van der Waals surface area contributed by atoms with Crippen molar-refractivity contribution in [1.82, 2.24) is 24.8 Å². The molecular weight excluding hydrogens is 520 g/mol. The molecule has 2 aliphatic rings. The van der Waals surface area contributed by atoms with E-state index in [0.717, 1.165) is 17.2 Å². The van der Waals surface area contributed by atoms with Crippen molar-refractivity contribution >= 4 is 44.3 Å². The molecule has 212 valence electrons. The molecule has 2 saturated heterocycles. The molecule has 3 amide bonds. The number of rotatable bonds is 7. The average Bonchev–Trinajstić information content (AvgIpc) is 3.46. The number of benzene rings is 1. The van der Waals surface area contributed by atoms with Gasteiger partial charge in [-0.3, -0.25) is 19.4 Å². The summed E-state index contributed by atoms with van der Waals surface area (Å²) < 4.78 is 26.8. The van der Waals surface area contributed by atoms with E-state index >= 15 is 0 Å². The third kappa shape index (κ3) is 5.78. The van der Waals surface area contributed by atoms with Crippen LogP contribution in [0.15, 0.2) is 36.5 Å². The van der Waals surface area contributed by atoms with E-state index in [1.54, 1.807) is 43.3 Å². The predicted molar refractivity (Wildman–Crippen MR) is 149 cm³/mol. The molecule has 12 heteroatoms. The number of fused-ring (bicyclic) bond motifs is 2. The van der Waals surface area contributed by atoms with E-state index in [4.69, 9.17) is 0 Å². The highest BCUT2D eigenvalue weighted by molar-refractivity contribution is 7.88. The van der Waals surface area contributed by atoms with Crippen LogP contribution in [-0.4, -0.2) is 90.9 Å². The molecule has 5 atom stereocenters. The Morgan fingerprint density at radius 3 is 2.49 bits per heavy atom. The summed E-state index contributed by atoms with van der Waals surface area (Å²) in [5.74, 6) is -1.80. The molecule has 2 fully saturated rings. The van der Waals surface area contributed by atoms with Gasteiger partial charge in [0, 0.05) is 30.7 Å². The third-order valence-corrected chi connectivity index (χ3v) is 9.03. The van der Waals surface area contributed by atoms with Gasteiger partial charge in [-0.1, -0.05) is 26.8 Å². The van der Waals surface area contributed by atoms with Crippen molar-refractivity contribution in [3.63, 3.8) is 0 Å². The van der Waals surface area contributed by atoms with Crippen molar-refractivity contribution in [2.75, 3.05) is 31.7 Å². The van der Waals surface area contributed by atoms with Crippen LogP contribution < -0.4 is 16.0 Å². The zero-order chi connectivity index (χ0) is 28.7. The lowest BCUT2D eigenvalue weighted by Gasteiger charge is -2.37. The molecule has 0 saturated carbocycles. The summed E-state index contributed by atoms with van der Waals surface area (Å²) in [7, 11) is -1.97. The Hall–Kier alpha value is -3.09. The second-order valence-corrected chi connectivity index (χ2v) is 13.4. The first-order chi connectivity index (χ1) is 18.2. The lowest BCUT2D eigenvalue weighted by molar-refractivity contribution is -0.141. The zero-order valence-electron chi connectivity index (χ0n) is 23.3. The minimum Gasteiger partial charge on any atom is -0.342 e. The van der Waals surface area contributed by atoms with Crippen LogP contribution in [0, 0.1) is 11.3 Å². The van der Waals surface area contributed by atoms with Crippen molar-refractivity contribution < 1.29 is 22.8 Å². The van der Waals surface area contributed by atoms with Gasteiger partial charge in [-0.25, -0.2) is 8.42 Å². The molecule has 2 aromatic rings. The van der Waals surface area contributed by atoms with Gasteiger partial charge < -0.3 is 20.9 Å². The summed E-state index contributed by atoms with van der Waals surface area (Å²) >= 11 is 0. The van der Waals surface area contributed by atoms with Gasteiger partial charge in [0.2, 0.25) is 27.7 Å². The topological polar surface area (TPSA) is 141 Å². The molecule has 3 heterocycles. The second-order valence-electron chi connectivity index (χ2n) is 11.5. The van der Waals surface area contributed by atoms with Gasteiger partial charge in [-0.15, -0.1) is 0 Å². The molecule has 39 heavy (non-hydrogen) atoms. The van der Waals surface area contributed by atoms with Crippen molar-refractivity contribution in [2.45, 2.75) is 58.3 Å². The first-order valence-electron chi connectivity index (χ1n) is 13.1. The van der Waals surface area contributed by atoms with E-state index in [0.29, 0.717) is 12.1 Å². The fourth-order valence-corrected chi connectivity index (χ4v) is 6.72. The summed E-state index contributed by atoms with van der Waals surface area (Å²) in [5.41, 5.74) is 0.660. The molecule has 0 spiro atoms. The maximum Gasteiger partial charge on any atom is 0.246 e. The van der Waals surface area contributed by atoms with Crippen LogP contribution in [0.3, 0.4) is 0 Å². The highest BCUT2D eigenvalue weighted by atomic mass is 32.2. The van der Waals surface area contributed by atoms with E-state index in [1.165, 1.54) is 4.31 Å². The van der Waals surface area contributed by atoms with Crippen molar-refractivity contribution in [2.24, 2.45) is 11.3 Å². The molecule has 1 aromatic heterocycles. The summed E-state index contributed by atoms with van der Waals surface area (Å²) in [4.78, 5) is 46.4. The van der Waals surface area contributed by atoms with Crippen LogP contribution in [0.4, 0.5) is 5.69 Å². The largest absolute Gasteiger partial charge is 0.342 e. The number of amides is 3. The van der Waals surface area contributed by atoms with Gasteiger partial charge in [0.25, 0.3) is 0 Å². The number of carbonyl (C=O) groups is 3. The molecule has 0 aliphatic carbocycles. The van der Waals surface area contributed by atoms with Crippen LogP contribution >= 0.6 is 0 Å². The van der Waals surface area contributed by atoms with Gasteiger partial charge in [0.05, 0.1) is 35.5 Å². The standard InChI is InChI=1S/C27H38N6O5S/c1-16(28-5)24(34)31-23(27(2,3)4)26(36)32-14-12-21-22(32)18(15-33(21)39(6,37)38)25(35)30-20-11-7-10-19-17(20)9-8-13-29-19/h7-11,13,16,18,21-23,28H,12,14-15H2,1-6H3,(H,30,35)(H,31,34)/t16-,18-,21+,22+,23+/m0/s1. The van der Waals surface area contributed by atoms with Gasteiger partial charge in [-0.2, -0.15) is 4.31 Å². The van der Waals surface area contributed by atoms with Gasteiger partial charge in [-0.05, 0) is 50.1 Å². The molecule has 1 aromatic carbocycles. The Morgan fingerprint density at radius 2 is 1.85 bits per heavy atom. The molecule has 2 aliphatic heterocycles. The number of likely N-dealkylation sites (N-methyl/N-ethyl adjacent to an activating group) is 1. The fourth-order valence-electron chi connectivity index (χ4n) is 5.56. The molecule has 4 rings (SSSR count). The van der Waals surface area contributed by atoms with E-state index in [1.807, 2.05) is 32.9 Å². The highest BCUT2D eigenvalue weighted by Gasteiger charge is 2.56. The first kappa shape index (κ1) is 28.9. The number of nitrogens with one attached hydrogen (secondary N) is 3. The molecule has 3 N–H and O–H groups in total. The van der Waals surface area contributed by atoms with Gasteiger partial charge >= 0.3 is 0 Å². The Labute approximate surface area is 229 Å². The highest BCUT2D eigenvalue weighted by Crippen LogP contribution is 2.39. The van der Waals surface area contributed by atoms with Crippen molar-refractivity contribution in [3.8, 4) is 0 Å². The Morgan fingerprint density at radius 1 is 1.13 bits per heavy atom. The number of carbonyl (C=O) groups excluding carboxylic acids is 3. The molecular formula is C27H38N6O5S. The second kappa shape index (κ2) is 10.8.